The van der Waals surface area contributed by atoms with Crippen molar-refractivity contribution < 1.29 is 9.53 Å². The van der Waals surface area contributed by atoms with Gasteiger partial charge in [-0.2, -0.15) is 0 Å². The number of amides is 1. The summed E-state index contributed by atoms with van der Waals surface area (Å²) >= 11 is 1.52. The fourth-order valence-electron chi connectivity index (χ4n) is 2.97. The molecule has 2 aromatic heterocycles. The molecule has 26 heavy (non-hydrogen) atoms. The van der Waals surface area contributed by atoms with Gasteiger partial charge >= 0.3 is 0 Å². The van der Waals surface area contributed by atoms with Crippen LogP contribution in [0.3, 0.4) is 0 Å². The molecular weight excluding hydrogens is 350 g/mol. The van der Waals surface area contributed by atoms with Gasteiger partial charge in [0.05, 0.1) is 41.5 Å². The maximum atomic E-state index is 12.4. The summed E-state index contributed by atoms with van der Waals surface area (Å²) < 4.78 is 7.26. The van der Waals surface area contributed by atoms with Gasteiger partial charge in [0, 0.05) is 12.2 Å². The predicted octanol–water partition coefficient (Wildman–Crippen LogP) is 2.51. The van der Waals surface area contributed by atoms with Crippen LogP contribution in [0, 0.1) is 0 Å². The van der Waals surface area contributed by atoms with Gasteiger partial charge in [0.15, 0.2) is 5.69 Å². The maximum absolute atomic E-state index is 12.4. The third kappa shape index (κ3) is 3.81. The largest absolute Gasteiger partial charge is 0.376 e. The van der Waals surface area contributed by atoms with Crippen LogP contribution in [-0.4, -0.2) is 38.6 Å². The number of carbonyl (C=O) groups is 1. The molecule has 134 valence electrons. The van der Waals surface area contributed by atoms with E-state index in [2.05, 4.69) is 20.6 Å². The number of nitrogens with zero attached hydrogens (tertiary/aromatic N) is 4. The Balaban J connectivity index is 1.37. The quantitative estimate of drug-likeness (QED) is 0.722. The number of hydrogen-bond donors (Lipinski definition) is 1. The van der Waals surface area contributed by atoms with Gasteiger partial charge in [-0.3, -0.25) is 4.79 Å². The first-order valence-electron chi connectivity index (χ1n) is 8.57. The van der Waals surface area contributed by atoms with Crippen molar-refractivity contribution in [3.8, 4) is 11.3 Å². The molecule has 0 unspecified atom stereocenters. The first-order chi connectivity index (χ1) is 12.8. The molecule has 1 N–H and O–H groups in total. The molecule has 0 aliphatic carbocycles. The second-order valence-electron chi connectivity index (χ2n) is 6.13. The van der Waals surface area contributed by atoms with Crippen molar-refractivity contribution in [1.82, 2.24) is 25.3 Å². The van der Waals surface area contributed by atoms with Gasteiger partial charge in [-0.05, 0) is 12.8 Å². The number of benzene rings is 1. The van der Waals surface area contributed by atoms with Gasteiger partial charge in [0.25, 0.3) is 5.91 Å². The molecule has 1 fully saturated rings. The SMILES string of the molecule is O=C(NCc1scnc1-c1ccccc1)c1cn(C[C@H]2CCCO2)nn1. The standard InChI is InChI=1S/C18H19N5O2S/c24-18(15-11-23(22-21-15)10-14-7-4-8-25-14)19-9-16-17(20-12-26-16)13-5-2-1-3-6-13/h1-3,5-6,11-12,14H,4,7-10H2,(H,19,24)/t14-/m1/s1. The molecule has 1 aliphatic rings. The van der Waals surface area contributed by atoms with E-state index >= 15 is 0 Å². The van der Waals surface area contributed by atoms with Crippen LogP contribution in [-0.2, 0) is 17.8 Å². The maximum Gasteiger partial charge on any atom is 0.273 e. The number of ether oxygens (including phenoxy) is 1. The molecule has 7 nitrogen and oxygen atoms in total. The molecule has 1 aromatic carbocycles. The highest BCUT2D eigenvalue weighted by Crippen LogP contribution is 2.25. The van der Waals surface area contributed by atoms with Crippen LogP contribution in [0.15, 0.2) is 42.0 Å². The van der Waals surface area contributed by atoms with Crippen LogP contribution < -0.4 is 5.32 Å². The van der Waals surface area contributed by atoms with E-state index in [1.54, 1.807) is 16.4 Å². The minimum absolute atomic E-state index is 0.165. The Kier molecular flexibility index (Phi) is 5.03. The van der Waals surface area contributed by atoms with Crippen LogP contribution in [0.1, 0.15) is 28.2 Å². The summed E-state index contributed by atoms with van der Waals surface area (Å²) in [4.78, 5) is 17.8. The van der Waals surface area contributed by atoms with Crippen molar-refractivity contribution in [2.45, 2.75) is 32.0 Å². The van der Waals surface area contributed by atoms with Gasteiger partial charge in [0.1, 0.15) is 0 Å². The van der Waals surface area contributed by atoms with E-state index in [4.69, 9.17) is 4.74 Å². The number of carbonyl (C=O) groups excluding carboxylic acids is 1. The summed E-state index contributed by atoms with van der Waals surface area (Å²) in [5.41, 5.74) is 4.05. The summed E-state index contributed by atoms with van der Waals surface area (Å²) in [6.07, 6.45) is 3.93. The molecule has 3 heterocycles. The molecular formula is C18H19N5O2S. The predicted molar refractivity (Wildman–Crippen MR) is 97.7 cm³/mol. The highest BCUT2D eigenvalue weighted by Gasteiger charge is 2.18. The summed E-state index contributed by atoms with van der Waals surface area (Å²) in [5.74, 6) is -0.240. The molecule has 1 amide bonds. The van der Waals surface area contributed by atoms with Gasteiger partial charge < -0.3 is 10.1 Å². The lowest BCUT2D eigenvalue weighted by atomic mass is 10.1. The fraction of sp³-hybridized carbons (Fsp3) is 0.333. The second kappa shape index (κ2) is 7.76. The molecule has 0 spiro atoms. The van der Waals surface area contributed by atoms with Gasteiger partial charge in [-0.25, -0.2) is 9.67 Å². The molecule has 1 saturated heterocycles. The zero-order valence-electron chi connectivity index (χ0n) is 14.2. The second-order valence-corrected chi connectivity index (χ2v) is 7.07. The molecule has 0 bridgehead atoms. The molecule has 8 heteroatoms. The first-order valence-corrected chi connectivity index (χ1v) is 9.45. The molecule has 3 aromatic rings. The number of hydrogen-bond acceptors (Lipinski definition) is 6. The summed E-state index contributed by atoms with van der Waals surface area (Å²) in [6.45, 7) is 1.84. The number of nitrogens with one attached hydrogen (secondary N) is 1. The van der Waals surface area contributed by atoms with E-state index < -0.39 is 0 Å². The van der Waals surface area contributed by atoms with E-state index in [9.17, 15) is 4.79 Å². The Morgan fingerprint density at radius 1 is 1.35 bits per heavy atom. The van der Waals surface area contributed by atoms with E-state index in [1.165, 1.54) is 11.3 Å². The first kappa shape index (κ1) is 16.9. The third-order valence-corrected chi connectivity index (χ3v) is 5.12. The Hall–Kier alpha value is -2.58. The highest BCUT2D eigenvalue weighted by atomic mass is 32.1. The van der Waals surface area contributed by atoms with Crippen LogP contribution in [0.25, 0.3) is 11.3 Å². The minimum Gasteiger partial charge on any atom is -0.376 e. The minimum atomic E-state index is -0.240. The lowest BCUT2D eigenvalue weighted by molar-refractivity contribution is 0.0929. The Morgan fingerprint density at radius 2 is 2.23 bits per heavy atom. The lowest BCUT2D eigenvalue weighted by Crippen LogP contribution is -2.23. The van der Waals surface area contributed by atoms with Crippen molar-refractivity contribution in [2.24, 2.45) is 0 Å². The zero-order chi connectivity index (χ0) is 17.8. The summed E-state index contributed by atoms with van der Waals surface area (Å²) in [6, 6.07) is 9.94. The molecule has 4 rings (SSSR count). The van der Waals surface area contributed by atoms with E-state index in [-0.39, 0.29) is 12.0 Å². The number of rotatable bonds is 6. The smallest absolute Gasteiger partial charge is 0.273 e. The average molecular weight is 369 g/mol. The zero-order valence-corrected chi connectivity index (χ0v) is 15.0. The van der Waals surface area contributed by atoms with Crippen molar-refractivity contribution >= 4 is 17.2 Å². The Labute approximate surface area is 155 Å². The van der Waals surface area contributed by atoms with E-state index in [1.807, 2.05) is 30.3 Å². The van der Waals surface area contributed by atoms with Crippen molar-refractivity contribution in [3.63, 3.8) is 0 Å². The molecule has 0 saturated carbocycles. The van der Waals surface area contributed by atoms with Gasteiger partial charge in [-0.1, -0.05) is 35.5 Å². The van der Waals surface area contributed by atoms with Crippen molar-refractivity contribution in [2.75, 3.05) is 6.61 Å². The molecule has 1 aliphatic heterocycles. The van der Waals surface area contributed by atoms with Crippen LogP contribution >= 0.6 is 11.3 Å². The van der Waals surface area contributed by atoms with E-state index in [0.29, 0.717) is 18.8 Å². The monoisotopic (exact) mass is 369 g/mol. The van der Waals surface area contributed by atoms with Gasteiger partial charge in [0.2, 0.25) is 0 Å². The number of thiazole rings is 1. The molecule has 1 atom stereocenters. The molecule has 0 radical (unpaired) electrons. The van der Waals surface area contributed by atoms with Crippen LogP contribution in [0.5, 0.6) is 0 Å². The van der Waals surface area contributed by atoms with Crippen LogP contribution in [0.2, 0.25) is 0 Å². The van der Waals surface area contributed by atoms with E-state index in [0.717, 1.165) is 35.6 Å². The van der Waals surface area contributed by atoms with Gasteiger partial charge in [-0.15, -0.1) is 16.4 Å². The van der Waals surface area contributed by atoms with Crippen molar-refractivity contribution in [1.29, 1.82) is 0 Å². The highest BCUT2D eigenvalue weighted by molar-refractivity contribution is 7.10. The fourth-order valence-corrected chi connectivity index (χ4v) is 3.69. The normalized spacial score (nSPS) is 16.7. The van der Waals surface area contributed by atoms with Crippen molar-refractivity contribution in [3.05, 3.63) is 52.6 Å². The van der Waals surface area contributed by atoms with Crippen LogP contribution in [0.4, 0.5) is 0 Å². The summed E-state index contributed by atoms with van der Waals surface area (Å²) in [7, 11) is 0. The Bertz CT molecular complexity index is 871. The Morgan fingerprint density at radius 3 is 3.04 bits per heavy atom. The number of aromatic nitrogens is 4. The summed E-state index contributed by atoms with van der Waals surface area (Å²) in [5, 5.41) is 10.9. The third-order valence-electron chi connectivity index (χ3n) is 4.28. The lowest BCUT2D eigenvalue weighted by Gasteiger charge is -2.07. The average Bonchev–Trinajstić information content (AvgIpc) is 3.43. The topological polar surface area (TPSA) is 81.9 Å².